The SMILES string of the molecule is O=C(C1CCCCC1)N1CCC(CCc2ccc(-c3ccccc3)cc2)CC1. The van der Waals surface area contributed by atoms with Gasteiger partial charge in [-0.25, -0.2) is 0 Å². The first-order chi connectivity index (χ1) is 13.8. The minimum Gasteiger partial charge on any atom is -0.342 e. The first-order valence-electron chi connectivity index (χ1n) is 11.2. The summed E-state index contributed by atoms with van der Waals surface area (Å²) >= 11 is 0. The third-order valence-electron chi connectivity index (χ3n) is 6.78. The number of amides is 1. The number of piperidine rings is 1. The molecule has 0 spiro atoms. The van der Waals surface area contributed by atoms with Gasteiger partial charge in [0, 0.05) is 19.0 Å². The minimum atomic E-state index is 0.327. The Morgan fingerprint density at radius 3 is 2.11 bits per heavy atom. The molecule has 1 amide bonds. The van der Waals surface area contributed by atoms with Gasteiger partial charge in [0.1, 0.15) is 0 Å². The lowest BCUT2D eigenvalue weighted by molar-refractivity contribution is -0.138. The fraction of sp³-hybridized carbons (Fsp3) is 0.500. The molecule has 2 aromatic carbocycles. The van der Waals surface area contributed by atoms with Crippen LogP contribution in [-0.2, 0) is 11.2 Å². The molecular weight excluding hydrogens is 342 g/mol. The van der Waals surface area contributed by atoms with Crippen LogP contribution in [0.3, 0.4) is 0 Å². The van der Waals surface area contributed by atoms with Crippen molar-refractivity contribution in [3.8, 4) is 11.1 Å². The molecule has 28 heavy (non-hydrogen) atoms. The second-order valence-electron chi connectivity index (χ2n) is 8.71. The molecule has 2 aromatic rings. The number of hydrogen-bond donors (Lipinski definition) is 0. The number of likely N-dealkylation sites (tertiary alicyclic amines) is 1. The second kappa shape index (κ2) is 9.41. The second-order valence-corrected chi connectivity index (χ2v) is 8.71. The average molecular weight is 376 g/mol. The molecule has 1 heterocycles. The summed E-state index contributed by atoms with van der Waals surface area (Å²) in [6, 6.07) is 19.6. The lowest BCUT2D eigenvalue weighted by Crippen LogP contribution is -2.42. The highest BCUT2D eigenvalue weighted by Gasteiger charge is 2.28. The van der Waals surface area contributed by atoms with E-state index >= 15 is 0 Å². The van der Waals surface area contributed by atoms with E-state index in [9.17, 15) is 4.79 Å². The van der Waals surface area contributed by atoms with Gasteiger partial charge in [-0.05, 0) is 61.1 Å². The molecule has 2 aliphatic rings. The molecule has 2 nitrogen and oxygen atoms in total. The topological polar surface area (TPSA) is 20.3 Å². The van der Waals surface area contributed by atoms with Crippen LogP contribution < -0.4 is 0 Å². The first-order valence-corrected chi connectivity index (χ1v) is 11.2. The van der Waals surface area contributed by atoms with Gasteiger partial charge in [-0.1, -0.05) is 73.9 Å². The summed E-state index contributed by atoms with van der Waals surface area (Å²) in [6.45, 7) is 1.96. The smallest absolute Gasteiger partial charge is 0.225 e. The van der Waals surface area contributed by atoms with Crippen molar-refractivity contribution >= 4 is 5.91 Å². The van der Waals surface area contributed by atoms with Gasteiger partial charge >= 0.3 is 0 Å². The molecule has 0 atom stereocenters. The van der Waals surface area contributed by atoms with Crippen LogP contribution in [-0.4, -0.2) is 23.9 Å². The van der Waals surface area contributed by atoms with Crippen LogP contribution in [0.1, 0.15) is 56.9 Å². The van der Waals surface area contributed by atoms with Crippen molar-refractivity contribution in [3.63, 3.8) is 0 Å². The normalized spacial score (nSPS) is 18.9. The summed E-state index contributed by atoms with van der Waals surface area (Å²) in [5.41, 5.74) is 4.00. The predicted molar refractivity (Wildman–Crippen MR) is 116 cm³/mol. The Balaban J connectivity index is 1.22. The molecule has 4 rings (SSSR count). The summed E-state index contributed by atoms with van der Waals surface area (Å²) in [6.07, 6.45) is 10.8. The number of hydrogen-bond acceptors (Lipinski definition) is 1. The monoisotopic (exact) mass is 375 g/mol. The molecule has 2 heteroatoms. The van der Waals surface area contributed by atoms with E-state index in [1.165, 1.54) is 55.2 Å². The minimum absolute atomic E-state index is 0.327. The van der Waals surface area contributed by atoms with Crippen LogP contribution in [0.15, 0.2) is 54.6 Å². The molecular formula is C26H33NO. The quantitative estimate of drug-likeness (QED) is 0.618. The third kappa shape index (κ3) is 4.84. The number of carbonyl (C=O) groups excluding carboxylic acids is 1. The lowest BCUT2D eigenvalue weighted by Gasteiger charge is -2.35. The Labute approximate surface area is 170 Å². The van der Waals surface area contributed by atoms with Gasteiger partial charge in [0.2, 0.25) is 5.91 Å². The van der Waals surface area contributed by atoms with E-state index in [1.54, 1.807) is 0 Å². The van der Waals surface area contributed by atoms with Gasteiger partial charge in [0.15, 0.2) is 0 Å². The zero-order valence-corrected chi connectivity index (χ0v) is 17.0. The van der Waals surface area contributed by atoms with E-state index in [0.29, 0.717) is 11.8 Å². The molecule has 0 aromatic heterocycles. The van der Waals surface area contributed by atoms with Crippen LogP contribution in [0.5, 0.6) is 0 Å². The van der Waals surface area contributed by atoms with E-state index in [4.69, 9.17) is 0 Å². The molecule has 1 aliphatic carbocycles. The summed E-state index contributed by atoms with van der Waals surface area (Å²) in [5.74, 6) is 1.55. The summed E-state index contributed by atoms with van der Waals surface area (Å²) in [5, 5.41) is 0. The van der Waals surface area contributed by atoms with E-state index < -0.39 is 0 Å². The Kier molecular flexibility index (Phi) is 6.46. The lowest BCUT2D eigenvalue weighted by atomic mass is 9.86. The van der Waals surface area contributed by atoms with Gasteiger partial charge in [-0.15, -0.1) is 0 Å². The van der Waals surface area contributed by atoms with Crippen molar-refractivity contribution in [2.45, 2.75) is 57.8 Å². The highest BCUT2D eigenvalue weighted by atomic mass is 16.2. The highest BCUT2D eigenvalue weighted by Crippen LogP contribution is 2.29. The molecule has 0 unspecified atom stereocenters. The zero-order valence-electron chi connectivity index (χ0n) is 17.0. The number of carbonyl (C=O) groups is 1. The Morgan fingerprint density at radius 2 is 1.43 bits per heavy atom. The van der Waals surface area contributed by atoms with Crippen LogP contribution in [0, 0.1) is 11.8 Å². The van der Waals surface area contributed by atoms with Gasteiger partial charge in [-0.2, -0.15) is 0 Å². The maximum absolute atomic E-state index is 12.7. The van der Waals surface area contributed by atoms with Crippen LogP contribution in [0.4, 0.5) is 0 Å². The molecule has 1 aliphatic heterocycles. The highest BCUT2D eigenvalue weighted by molar-refractivity contribution is 5.79. The van der Waals surface area contributed by atoms with Crippen molar-refractivity contribution < 1.29 is 4.79 Å². The Hall–Kier alpha value is -2.09. The van der Waals surface area contributed by atoms with Gasteiger partial charge in [-0.3, -0.25) is 4.79 Å². The van der Waals surface area contributed by atoms with Crippen molar-refractivity contribution in [2.24, 2.45) is 11.8 Å². The number of benzene rings is 2. The maximum Gasteiger partial charge on any atom is 0.225 e. The van der Waals surface area contributed by atoms with Crippen LogP contribution >= 0.6 is 0 Å². The third-order valence-corrected chi connectivity index (χ3v) is 6.78. The van der Waals surface area contributed by atoms with Crippen LogP contribution in [0.2, 0.25) is 0 Å². The van der Waals surface area contributed by atoms with E-state index in [-0.39, 0.29) is 0 Å². The van der Waals surface area contributed by atoms with Gasteiger partial charge < -0.3 is 4.90 Å². The van der Waals surface area contributed by atoms with Crippen LogP contribution in [0.25, 0.3) is 11.1 Å². The average Bonchev–Trinajstić information content (AvgIpc) is 2.79. The number of rotatable bonds is 5. The van der Waals surface area contributed by atoms with Crippen molar-refractivity contribution in [3.05, 3.63) is 60.2 Å². The summed E-state index contributed by atoms with van der Waals surface area (Å²) in [4.78, 5) is 14.9. The molecule has 0 bridgehead atoms. The number of nitrogens with zero attached hydrogens (tertiary/aromatic N) is 1. The molecule has 148 valence electrons. The fourth-order valence-corrected chi connectivity index (χ4v) is 4.92. The van der Waals surface area contributed by atoms with Crippen molar-refractivity contribution in [1.82, 2.24) is 4.90 Å². The fourth-order valence-electron chi connectivity index (χ4n) is 4.92. The molecule has 1 saturated carbocycles. The molecule has 0 radical (unpaired) electrons. The zero-order chi connectivity index (χ0) is 19.2. The molecule has 2 fully saturated rings. The van der Waals surface area contributed by atoms with Gasteiger partial charge in [0.05, 0.1) is 0 Å². The van der Waals surface area contributed by atoms with E-state index in [2.05, 4.69) is 59.5 Å². The maximum atomic E-state index is 12.7. The van der Waals surface area contributed by atoms with Crippen molar-refractivity contribution in [2.75, 3.05) is 13.1 Å². The van der Waals surface area contributed by atoms with Gasteiger partial charge in [0.25, 0.3) is 0 Å². The Morgan fingerprint density at radius 1 is 0.786 bits per heavy atom. The molecule has 0 N–H and O–H groups in total. The summed E-state index contributed by atoms with van der Waals surface area (Å²) in [7, 11) is 0. The largest absolute Gasteiger partial charge is 0.342 e. The Bertz CT molecular complexity index is 738. The summed E-state index contributed by atoms with van der Waals surface area (Å²) < 4.78 is 0. The van der Waals surface area contributed by atoms with Crippen molar-refractivity contribution in [1.29, 1.82) is 0 Å². The predicted octanol–water partition coefficient (Wildman–Crippen LogP) is 6.11. The first kappa shape index (κ1) is 19.2. The van der Waals surface area contributed by atoms with E-state index in [0.717, 1.165) is 38.3 Å². The standard InChI is InChI=1S/C26H33NO/c28-26(25-9-5-2-6-10-25)27-19-17-22(18-20-27)12-11-21-13-15-24(16-14-21)23-7-3-1-4-8-23/h1,3-4,7-8,13-16,22,25H,2,5-6,9-12,17-20H2. The number of aryl methyl sites for hydroxylation is 1. The van der Waals surface area contributed by atoms with E-state index in [1.807, 2.05) is 0 Å². The molecule has 1 saturated heterocycles.